The summed E-state index contributed by atoms with van der Waals surface area (Å²) < 4.78 is 5.20. The van der Waals surface area contributed by atoms with Gasteiger partial charge in [-0.15, -0.1) is 0 Å². The van der Waals surface area contributed by atoms with Crippen molar-refractivity contribution in [2.75, 3.05) is 13.7 Å². The Bertz CT molecular complexity index is 110. The topological polar surface area (TPSA) is 12.5 Å². The van der Waals surface area contributed by atoms with Gasteiger partial charge >= 0.3 is 0 Å². The van der Waals surface area contributed by atoms with Gasteiger partial charge in [0, 0.05) is 13.1 Å². The zero-order chi connectivity index (χ0) is 8.15. The van der Waals surface area contributed by atoms with E-state index in [0.29, 0.717) is 12.6 Å². The summed E-state index contributed by atoms with van der Waals surface area (Å²) in [7, 11) is 1.97. The number of hydrogen-bond donors (Lipinski definition) is 0. The summed E-state index contributed by atoms with van der Waals surface area (Å²) in [5, 5.41) is 0. The van der Waals surface area contributed by atoms with Crippen molar-refractivity contribution >= 4 is 0 Å². The number of nitrogens with zero attached hydrogens (tertiary/aromatic N) is 1. The van der Waals surface area contributed by atoms with E-state index in [-0.39, 0.29) is 0 Å². The predicted octanol–water partition coefficient (Wildman–Crippen LogP) is 1.83. The summed E-state index contributed by atoms with van der Waals surface area (Å²) in [6.45, 7) is 10.6. The van der Waals surface area contributed by atoms with Crippen LogP contribution in [0.1, 0.15) is 20.8 Å². The van der Waals surface area contributed by atoms with Gasteiger partial charge in [0.1, 0.15) is 0 Å². The summed E-state index contributed by atoms with van der Waals surface area (Å²) in [4.78, 5) is 2.00. The molecule has 60 valence electrons. The van der Waals surface area contributed by atoms with Crippen molar-refractivity contribution in [3.8, 4) is 0 Å². The molecule has 0 fully saturated rings. The van der Waals surface area contributed by atoms with Gasteiger partial charge in [-0.05, 0) is 27.4 Å². The van der Waals surface area contributed by atoms with Crippen molar-refractivity contribution in [2.24, 2.45) is 0 Å². The maximum atomic E-state index is 5.20. The van der Waals surface area contributed by atoms with E-state index < -0.39 is 0 Å². The van der Waals surface area contributed by atoms with Gasteiger partial charge in [-0.1, -0.05) is 0 Å². The average molecular weight is 143 g/mol. The Labute approximate surface area is 63.5 Å². The Hall–Kier alpha value is -0.660. The Morgan fingerprint density at radius 3 is 2.40 bits per heavy atom. The minimum Gasteiger partial charge on any atom is -0.480 e. The van der Waals surface area contributed by atoms with Crippen LogP contribution in [-0.2, 0) is 4.74 Å². The van der Waals surface area contributed by atoms with E-state index in [0.717, 1.165) is 5.88 Å². The summed E-state index contributed by atoms with van der Waals surface area (Å²) in [5.74, 6) is 0.748. The quantitative estimate of drug-likeness (QED) is 0.557. The van der Waals surface area contributed by atoms with Crippen molar-refractivity contribution < 1.29 is 4.74 Å². The average Bonchev–Trinajstić information content (AvgIpc) is 1.87. The highest BCUT2D eigenvalue weighted by Crippen LogP contribution is 2.04. The van der Waals surface area contributed by atoms with Gasteiger partial charge in [0.2, 0.25) is 0 Å². The van der Waals surface area contributed by atoms with Crippen molar-refractivity contribution in [3.05, 3.63) is 12.5 Å². The molecule has 0 atom stereocenters. The molecule has 2 nitrogen and oxygen atoms in total. The van der Waals surface area contributed by atoms with Crippen LogP contribution in [0, 0.1) is 0 Å². The molecule has 0 radical (unpaired) electrons. The minimum absolute atomic E-state index is 0.457. The Kier molecular flexibility index (Phi) is 3.93. The molecule has 0 heterocycles. The molecule has 0 saturated carbocycles. The fraction of sp³-hybridized carbons (Fsp3) is 0.750. The van der Waals surface area contributed by atoms with Crippen LogP contribution in [-0.4, -0.2) is 24.6 Å². The maximum Gasteiger partial charge on any atom is 0.181 e. The summed E-state index contributed by atoms with van der Waals surface area (Å²) >= 11 is 0. The van der Waals surface area contributed by atoms with E-state index in [1.54, 1.807) is 0 Å². The van der Waals surface area contributed by atoms with Gasteiger partial charge in [-0.25, -0.2) is 0 Å². The first-order valence-electron chi connectivity index (χ1n) is 3.64. The van der Waals surface area contributed by atoms with Gasteiger partial charge < -0.3 is 9.64 Å². The van der Waals surface area contributed by atoms with Crippen LogP contribution in [0.5, 0.6) is 0 Å². The molecule has 0 saturated heterocycles. The van der Waals surface area contributed by atoms with E-state index in [9.17, 15) is 0 Å². The number of ether oxygens (including phenoxy) is 1. The normalized spacial score (nSPS) is 9.70. The highest BCUT2D eigenvalue weighted by molar-refractivity contribution is 4.82. The van der Waals surface area contributed by atoms with Crippen LogP contribution in [0.4, 0.5) is 0 Å². The summed E-state index contributed by atoms with van der Waals surface area (Å²) in [6, 6.07) is 0.457. The smallest absolute Gasteiger partial charge is 0.181 e. The zero-order valence-electron chi connectivity index (χ0n) is 7.35. The van der Waals surface area contributed by atoms with E-state index in [4.69, 9.17) is 4.74 Å². The third-order valence-electron chi connectivity index (χ3n) is 1.48. The van der Waals surface area contributed by atoms with Crippen LogP contribution in [0.15, 0.2) is 12.5 Å². The molecule has 0 aliphatic rings. The third-order valence-corrected chi connectivity index (χ3v) is 1.48. The van der Waals surface area contributed by atoms with Crippen molar-refractivity contribution in [1.82, 2.24) is 4.90 Å². The summed E-state index contributed by atoms with van der Waals surface area (Å²) in [5.41, 5.74) is 0. The molecular formula is C8H17NO. The molecule has 0 rings (SSSR count). The molecule has 0 N–H and O–H groups in total. The highest BCUT2D eigenvalue weighted by atomic mass is 16.5. The van der Waals surface area contributed by atoms with Gasteiger partial charge in [0.25, 0.3) is 0 Å². The van der Waals surface area contributed by atoms with Crippen LogP contribution >= 0.6 is 0 Å². The second-order valence-electron chi connectivity index (χ2n) is 2.53. The van der Waals surface area contributed by atoms with E-state index in [1.807, 2.05) is 18.9 Å². The minimum atomic E-state index is 0.457. The van der Waals surface area contributed by atoms with Crippen molar-refractivity contribution in [2.45, 2.75) is 26.8 Å². The van der Waals surface area contributed by atoms with Gasteiger partial charge in [-0.2, -0.15) is 0 Å². The molecule has 0 aromatic heterocycles. The Morgan fingerprint density at radius 2 is 2.10 bits per heavy atom. The Balaban J connectivity index is 3.71. The predicted molar refractivity (Wildman–Crippen MR) is 43.7 cm³/mol. The second-order valence-corrected chi connectivity index (χ2v) is 2.53. The summed E-state index contributed by atoms with van der Waals surface area (Å²) in [6.07, 6.45) is 0. The zero-order valence-corrected chi connectivity index (χ0v) is 7.35. The SMILES string of the molecule is C=C(OCC)N(C)C(C)C. The molecule has 0 aromatic carbocycles. The molecule has 0 unspecified atom stereocenters. The third kappa shape index (κ3) is 2.76. The van der Waals surface area contributed by atoms with Crippen molar-refractivity contribution in [1.29, 1.82) is 0 Å². The van der Waals surface area contributed by atoms with E-state index >= 15 is 0 Å². The number of rotatable bonds is 4. The van der Waals surface area contributed by atoms with E-state index in [1.165, 1.54) is 0 Å². The molecule has 0 aliphatic heterocycles. The van der Waals surface area contributed by atoms with Gasteiger partial charge in [-0.3, -0.25) is 0 Å². The van der Waals surface area contributed by atoms with Gasteiger partial charge in [0.05, 0.1) is 6.61 Å². The lowest BCUT2D eigenvalue weighted by atomic mass is 10.4. The first kappa shape index (κ1) is 9.34. The second kappa shape index (κ2) is 4.20. The largest absolute Gasteiger partial charge is 0.480 e. The Morgan fingerprint density at radius 1 is 1.60 bits per heavy atom. The van der Waals surface area contributed by atoms with Crippen LogP contribution in [0.2, 0.25) is 0 Å². The molecule has 0 spiro atoms. The highest BCUT2D eigenvalue weighted by Gasteiger charge is 2.04. The lowest BCUT2D eigenvalue weighted by Gasteiger charge is -2.24. The fourth-order valence-corrected chi connectivity index (χ4v) is 0.556. The molecular weight excluding hydrogens is 126 g/mol. The first-order chi connectivity index (χ1) is 4.59. The molecule has 0 aromatic rings. The molecule has 10 heavy (non-hydrogen) atoms. The van der Waals surface area contributed by atoms with Crippen LogP contribution in [0.25, 0.3) is 0 Å². The standard InChI is InChI=1S/C8H17NO/c1-6-10-8(4)9(5)7(2)3/h7H,4,6H2,1-3,5H3. The molecule has 2 heteroatoms. The lowest BCUT2D eigenvalue weighted by Crippen LogP contribution is -2.26. The van der Waals surface area contributed by atoms with E-state index in [2.05, 4.69) is 20.4 Å². The molecule has 0 bridgehead atoms. The first-order valence-corrected chi connectivity index (χ1v) is 3.64. The van der Waals surface area contributed by atoms with Crippen molar-refractivity contribution in [3.63, 3.8) is 0 Å². The lowest BCUT2D eigenvalue weighted by molar-refractivity contribution is 0.122. The monoisotopic (exact) mass is 143 g/mol. The molecule has 0 amide bonds. The number of hydrogen-bond acceptors (Lipinski definition) is 2. The van der Waals surface area contributed by atoms with Gasteiger partial charge in [0.15, 0.2) is 5.88 Å². The van der Waals surface area contributed by atoms with Crippen LogP contribution < -0.4 is 0 Å². The fourth-order valence-electron chi connectivity index (χ4n) is 0.556. The van der Waals surface area contributed by atoms with Crippen LogP contribution in [0.3, 0.4) is 0 Å². The molecule has 0 aliphatic carbocycles. The maximum absolute atomic E-state index is 5.20.